The fourth-order valence-electron chi connectivity index (χ4n) is 1.17. The summed E-state index contributed by atoms with van der Waals surface area (Å²) in [7, 11) is 0. The van der Waals surface area contributed by atoms with E-state index in [-0.39, 0.29) is 0 Å². The summed E-state index contributed by atoms with van der Waals surface area (Å²) >= 11 is 3.16. The highest BCUT2D eigenvalue weighted by Gasteiger charge is 2.05. The minimum atomic E-state index is -0.464. The maximum absolute atomic E-state index is 9.35. The highest BCUT2D eigenvalue weighted by molar-refractivity contribution is 8.00. The van der Waals surface area contributed by atoms with Crippen molar-refractivity contribution in [3.05, 3.63) is 35.0 Å². The molecule has 1 N–H and O–H groups in total. The van der Waals surface area contributed by atoms with Crippen molar-refractivity contribution in [2.24, 2.45) is 0 Å². The Labute approximate surface area is 103 Å². The van der Waals surface area contributed by atoms with Gasteiger partial charge in [0.15, 0.2) is 4.34 Å². The molecular formula is C11H12N2OS2. The monoisotopic (exact) mass is 252 g/mol. The summed E-state index contributed by atoms with van der Waals surface area (Å²) in [5.74, 6) is 0. The average Bonchev–Trinajstić information content (AvgIpc) is 2.65. The van der Waals surface area contributed by atoms with Crippen LogP contribution in [0.1, 0.15) is 24.3 Å². The zero-order valence-corrected chi connectivity index (χ0v) is 10.7. The summed E-state index contributed by atoms with van der Waals surface area (Å²) in [6, 6.07) is 3.80. The fourth-order valence-corrected chi connectivity index (χ4v) is 2.89. The molecule has 0 fully saturated rings. The van der Waals surface area contributed by atoms with E-state index >= 15 is 0 Å². The molecule has 2 aromatic rings. The molecule has 16 heavy (non-hydrogen) atoms. The molecule has 0 bridgehead atoms. The van der Waals surface area contributed by atoms with Gasteiger partial charge in [0, 0.05) is 17.3 Å². The molecule has 1 atom stereocenters. The molecule has 2 heterocycles. The van der Waals surface area contributed by atoms with Crippen molar-refractivity contribution < 1.29 is 5.11 Å². The zero-order valence-electron chi connectivity index (χ0n) is 9.04. The zero-order chi connectivity index (χ0) is 11.5. The molecule has 0 spiro atoms. The number of aliphatic hydroxyl groups is 1. The molecule has 2 aromatic heterocycles. The second-order valence-electron chi connectivity index (χ2n) is 3.46. The number of nitrogens with zero attached hydrogens (tertiary/aromatic N) is 2. The van der Waals surface area contributed by atoms with E-state index in [1.54, 1.807) is 36.2 Å². The van der Waals surface area contributed by atoms with Gasteiger partial charge >= 0.3 is 0 Å². The molecule has 0 saturated heterocycles. The van der Waals surface area contributed by atoms with E-state index in [0.717, 1.165) is 20.6 Å². The van der Waals surface area contributed by atoms with Gasteiger partial charge in [-0.15, -0.1) is 11.3 Å². The molecule has 0 amide bonds. The van der Waals surface area contributed by atoms with Crippen LogP contribution >= 0.6 is 23.1 Å². The Hall–Kier alpha value is -0.910. The van der Waals surface area contributed by atoms with Crippen LogP contribution in [0.5, 0.6) is 0 Å². The number of pyridine rings is 1. The number of thiazole rings is 1. The van der Waals surface area contributed by atoms with E-state index < -0.39 is 6.10 Å². The first-order chi connectivity index (χ1) is 7.65. The van der Waals surface area contributed by atoms with Crippen LogP contribution in [-0.4, -0.2) is 15.1 Å². The van der Waals surface area contributed by atoms with Gasteiger partial charge in [-0.05, 0) is 37.2 Å². The maximum atomic E-state index is 9.35. The van der Waals surface area contributed by atoms with Crippen molar-refractivity contribution >= 4 is 23.1 Å². The SMILES string of the molecule is Cc1csc(Sc2ccc(C(C)O)cn2)n1. The van der Waals surface area contributed by atoms with Crippen molar-refractivity contribution in [2.75, 3.05) is 0 Å². The largest absolute Gasteiger partial charge is 0.389 e. The number of hydrogen-bond donors (Lipinski definition) is 1. The number of hydrogen-bond acceptors (Lipinski definition) is 5. The van der Waals surface area contributed by atoms with Gasteiger partial charge in [0.1, 0.15) is 5.03 Å². The van der Waals surface area contributed by atoms with E-state index in [1.807, 2.05) is 24.4 Å². The van der Waals surface area contributed by atoms with Crippen LogP contribution < -0.4 is 0 Å². The molecule has 0 aliphatic carbocycles. The number of rotatable bonds is 3. The van der Waals surface area contributed by atoms with E-state index in [2.05, 4.69) is 9.97 Å². The second kappa shape index (κ2) is 4.95. The molecular weight excluding hydrogens is 240 g/mol. The predicted octanol–water partition coefficient (Wildman–Crippen LogP) is 3.05. The lowest BCUT2D eigenvalue weighted by Gasteiger charge is -2.03. The van der Waals surface area contributed by atoms with Crippen molar-refractivity contribution in [3.8, 4) is 0 Å². The smallest absolute Gasteiger partial charge is 0.156 e. The molecule has 0 aliphatic rings. The average molecular weight is 252 g/mol. The molecule has 0 radical (unpaired) electrons. The first-order valence-electron chi connectivity index (χ1n) is 4.89. The fraction of sp³-hybridized carbons (Fsp3) is 0.273. The molecule has 3 nitrogen and oxygen atoms in total. The molecule has 0 aliphatic heterocycles. The van der Waals surface area contributed by atoms with Crippen LogP contribution in [0.2, 0.25) is 0 Å². The summed E-state index contributed by atoms with van der Waals surface area (Å²) in [4.78, 5) is 8.63. The predicted molar refractivity (Wildman–Crippen MR) is 65.8 cm³/mol. The first-order valence-corrected chi connectivity index (χ1v) is 6.59. The molecule has 0 aromatic carbocycles. The molecule has 1 unspecified atom stereocenters. The Morgan fingerprint density at radius 2 is 2.25 bits per heavy atom. The third-order valence-corrected chi connectivity index (χ3v) is 4.04. The Morgan fingerprint density at radius 1 is 1.44 bits per heavy atom. The minimum absolute atomic E-state index is 0.464. The van der Waals surface area contributed by atoms with Crippen molar-refractivity contribution in [3.63, 3.8) is 0 Å². The quantitative estimate of drug-likeness (QED) is 0.912. The Balaban J connectivity index is 2.11. The van der Waals surface area contributed by atoms with Crippen LogP contribution in [0, 0.1) is 6.92 Å². The topological polar surface area (TPSA) is 46.0 Å². The van der Waals surface area contributed by atoms with Crippen LogP contribution in [0.15, 0.2) is 33.1 Å². The van der Waals surface area contributed by atoms with Crippen LogP contribution in [0.3, 0.4) is 0 Å². The third kappa shape index (κ3) is 2.81. The van der Waals surface area contributed by atoms with Crippen LogP contribution in [-0.2, 0) is 0 Å². The van der Waals surface area contributed by atoms with Crippen molar-refractivity contribution in [2.45, 2.75) is 29.3 Å². The second-order valence-corrected chi connectivity index (χ2v) is 5.59. The van der Waals surface area contributed by atoms with Crippen LogP contribution in [0.25, 0.3) is 0 Å². The highest BCUT2D eigenvalue weighted by Crippen LogP contribution is 2.29. The standard InChI is InChI=1S/C11H12N2OS2/c1-7-6-15-11(13-7)16-10-4-3-9(5-12-10)8(2)14/h3-6,8,14H,1-2H3. The molecule has 84 valence electrons. The lowest BCUT2D eigenvalue weighted by Crippen LogP contribution is -1.91. The van der Waals surface area contributed by atoms with Gasteiger partial charge in [0.25, 0.3) is 0 Å². The summed E-state index contributed by atoms with van der Waals surface area (Å²) in [6.07, 6.45) is 1.24. The van der Waals surface area contributed by atoms with Crippen molar-refractivity contribution in [1.29, 1.82) is 0 Å². The minimum Gasteiger partial charge on any atom is -0.389 e. The van der Waals surface area contributed by atoms with E-state index in [1.165, 1.54) is 0 Å². The Morgan fingerprint density at radius 3 is 2.75 bits per heavy atom. The van der Waals surface area contributed by atoms with Gasteiger partial charge in [-0.2, -0.15) is 0 Å². The normalized spacial score (nSPS) is 12.7. The highest BCUT2D eigenvalue weighted by atomic mass is 32.2. The van der Waals surface area contributed by atoms with Gasteiger partial charge in [-0.3, -0.25) is 0 Å². The van der Waals surface area contributed by atoms with Gasteiger partial charge < -0.3 is 5.11 Å². The van der Waals surface area contributed by atoms with Gasteiger partial charge in [0.05, 0.1) is 6.10 Å². The number of aliphatic hydroxyl groups excluding tert-OH is 1. The van der Waals surface area contributed by atoms with Crippen LogP contribution in [0.4, 0.5) is 0 Å². The van der Waals surface area contributed by atoms with E-state index in [9.17, 15) is 5.11 Å². The van der Waals surface area contributed by atoms with E-state index in [4.69, 9.17) is 0 Å². The van der Waals surface area contributed by atoms with E-state index in [0.29, 0.717) is 0 Å². The summed E-state index contributed by atoms with van der Waals surface area (Å²) in [6.45, 7) is 3.71. The van der Waals surface area contributed by atoms with Crippen molar-refractivity contribution in [1.82, 2.24) is 9.97 Å². The summed E-state index contributed by atoms with van der Waals surface area (Å²) < 4.78 is 0.995. The lowest BCUT2D eigenvalue weighted by atomic mass is 10.2. The summed E-state index contributed by atoms with van der Waals surface area (Å²) in [5, 5.41) is 12.3. The van der Waals surface area contributed by atoms with Gasteiger partial charge in [-0.1, -0.05) is 6.07 Å². The Kier molecular flexibility index (Phi) is 3.58. The number of aromatic nitrogens is 2. The Bertz CT molecular complexity index is 465. The lowest BCUT2D eigenvalue weighted by molar-refractivity contribution is 0.198. The third-order valence-electron chi connectivity index (χ3n) is 2.03. The molecule has 0 saturated carbocycles. The number of aryl methyl sites for hydroxylation is 1. The molecule has 5 heteroatoms. The van der Waals surface area contributed by atoms with Gasteiger partial charge in [0.2, 0.25) is 0 Å². The van der Waals surface area contributed by atoms with Gasteiger partial charge in [-0.25, -0.2) is 9.97 Å². The molecule has 2 rings (SSSR count). The summed E-state index contributed by atoms with van der Waals surface area (Å²) in [5.41, 5.74) is 1.87. The maximum Gasteiger partial charge on any atom is 0.156 e. The first kappa shape index (κ1) is 11.6.